The summed E-state index contributed by atoms with van der Waals surface area (Å²) in [5.74, 6) is -2.41. The molecule has 2 aromatic rings. The average molecular weight is 304 g/mol. The van der Waals surface area contributed by atoms with Crippen LogP contribution in [-0.4, -0.2) is 18.8 Å². The van der Waals surface area contributed by atoms with Crippen LogP contribution in [0.4, 0.5) is 8.78 Å². The molecule has 4 nitrogen and oxygen atoms in total. The van der Waals surface area contributed by atoms with E-state index in [1.807, 2.05) is 0 Å². The second-order valence-corrected chi connectivity index (χ2v) is 5.28. The maximum atomic E-state index is 13.2. The van der Waals surface area contributed by atoms with E-state index in [9.17, 15) is 26.5 Å². The van der Waals surface area contributed by atoms with Gasteiger partial charge in [0.1, 0.15) is 21.8 Å². The SMILES string of the molecule is O=C(c1ccc(F)cc1)c1ccc(F)c(S(=O)(=O)[O-])c1.[Li+]. The Labute approximate surface area is 131 Å². The van der Waals surface area contributed by atoms with E-state index in [1.54, 1.807) is 0 Å². The van der Waals surface area contributed by atoms with Crippen LogP contribution >= 0.6 is 0 Å². The first kappa shape index (κ1) is 17.5. The zero-order chi connectivity index (χ0) is 14.9. The molecule has 0 aliphatic heterocycles. The van der Waals surface area contributed by atoms with Crippen LogP contribution in [0.1, 0.15) is 15.9 Å². The molecule has 0 bridgehead atoms. The van der Waals surface area contributed by atoms with Gasteiger partial charge in [0.25, 0.3) is 0 Å². The number of ketones is 1. The van der Waals surface area contributed by atoms with Gasteiger partial charge in [-0.15, -0.1) is 0 Å². The van der Waals surface area contributed by atoms with Crippen LogP contribution < -0.4 is 18.9 Å². The summed E-state index contributed by atoms with van der Waals surface area (Å²) < 4.78 is 58.5. The Morgan fingerprint density at radius 2 is 1.48 bits per heavy atom. The second kappa shape index (κ2) is 6.50. The summed E-state index contributed by atoms with van der Waals surface area (Å²) in [6, 6.07) is 6.96. The first-order valence-electron chi connectivity index (χ1n) is 5.35. The molecule has 2 aromatic carbocycles. The third-order valence-electron chi connectivity index (χ3n) is 2.57. The van der Waals surface area contributed by atoms with Gasteiger partial charge in [-0.3, -0.25) is 4.79 Å². The van der Waals surface area contributed by atoms with E-state index in [4.69, 9.17) is 0 Å². The van der Waals surface area contributed by atoms with Crippen molar-refractivity contribution in [3.63, 3.8) is 0 Å². The van der Waals surface area contributed by atoms with Gasteiger partial charge in [0, 0.05) is 11.1 Å². The molecule has 0 unspecified atom stereocenters. The first-order valence-corrected chi connectivity index (χ1v) is 6.75. The van der Waals surface area contributed by atoms with E-state index in [0.29, 0.717) is 6.07 Å². The molecule has 104 valence electrons. The topological polar surface area (TPSA) is 74.3 Å². The van der Waals surface area contributed by atoms with Crippen molar-refractivity contribution in [2.45, 2.75) is 4.90 Å². The fraction of sp³-hybridized carbons (Fsp3) is 0. The van der Waals surface area contributed by atoms with Crippen molar-refractivity contribution in [1.82, 2.24) is 0 Å². The molecular weight excluding hydrogens is 297 g/mol. The summed E-state index contributed by atoms with van der Waals surface area (Å²) in [4.78, 5) is 10.9. The largest absolute Gasteiger partial charge is 1.00 e. The van der Waals surface area contributed by atoms with Gasteiger partial charge in [-0.2, -0.15) is 0 Å². The quantitative estimate of drug-likeness (QED) is 0.419. The molecule has 0 spiro atoms. The Morgan fingerprint density at radius 1 is 0.952 bits per heavy atom. The second-order valence-electron chi connectivity index (χ2n) is 3.94. The Hall–Kier alpha value is -1.52. The van der Waals surface area contributed by atoms with Crippen LogP contribution in [0.2, 0.25) is 0 Å². The van der Waals surface area contributed by atoms with Gasteiger partial charge < -0.3 is 4.55 Å². The fourth-order valence-electron chi connectivity index (χ4n) is 1.60. The monoisotopic (exact) mass is 304 g/mol. The maximum absolute atomic E-state index is 13.2. The van der Waals surface area contributed by atoms with Crippen molar-refractivity contribution in [3.05, 3.63) is 65.2 Å². The van der Waals surface area contributed by atoms with Gasteiger partial charge in [0.15, 0.2) is 5.78 Å². The Balaban J connectivity index is 0.00000220. The summed E-state index contributed by atoms with van der Waals surface area (Å²) in [6.45, 7) is 0. The molecule has 0 radical (unpaired) electrons. The Bertz CT molecular complexity index is 773. The molecular formula is C13H7F2LiO4S. The average Bonchev–Trinajstić information content (AvgIpc) is 2.38. The van der Waals surface area contributed by atoms with Gasteiger partial charge in [0.2, 0.25) is 0 Å². The zero-order valence-corrected chi connectivity index (χ0v) is 11.7. The molecule has 0 N–H and O–H groups in total. The summed E-state index contributed by atoms with van der Waals surface area (Å²) >= 11 is 0. The molecule has 0 saturated carbocycles. The van der Waals surface area contributed by atoms with Gasteiger partial charge in [-0.05, 0) is 42.5 Å². The number of carbonyl (C=O) groups is 1. The van der Waals surface area contributed by atoms with Crippen molar-refractivity contribution in [2.24, 2.45) is 0 Å². The summed E-state index contributed by atoms with van der Waals surface area (Å²) in [7, 11) is -5.02. The molecule has 0 aromatic heterocycles. The molecule has 2 rings (SSSR count). The van der Waals surface area contributed by atoms with E-state index in [2.05, 4.69) is 0 Å². The van der Waals surface area contributed by atoms with Gasteiger partial charge in [-0.1, -0.05) is 0 Å². The van der Waals surface area contributed by atoms with E-state index in [-0.39, 0.29) is 30.0 Å². The molecule has 21 heavy (non-hydrogen) atoms. The molecule has 0 amide bonds. The third-order valence-corrected chi connectivity index (χ3v) is 3.42. The van der Waals surface area contributed by atoms with E-state index in [0.717, 1.165) is 24.3 Å². The van der Waals surface area contributed by atoms with Crippen LogP contribution in [0.3, 0.4) is 0 Å². The standard InChI is InChI=1S/C13H8F2O4S.Li/c14-10-4-1-8(2-5-10)13(16)9-3-6-11(15)12(7-9)20(17,18)19;/h1-7H,(H,17,18,19);/q;+1/p-1. The predicted molar refractivity (Wildman–Crippen MR) is 64.2 cm³/mol. The number of halogens is 2. The fourth-order valence-corrected chi connectivity index (χ4v) is 2.18. The molecule has 0 saturated heterocycles. The van der Waals surface area contributed by atoms with Crippen LogP contribution in [0.15, 0.2) is 47.4 Å². The van der Waals surface area contributed by atoms with Crippen LogP contribution in [0.5, 0.6) is 0 Å². The van der Waals surface area contributed by atoms with Crippen molar-refractivity contribution in [2.75, 3.05) is 0 Å². The van der Waals surface area contributed by atoms with Crippen LogP contribution in [-0.2, 0) is 10.1 Å². The van der Waals surface area contributed by atoms with Crippen LogP contribution in [0, 0.1) is 11.6 Å². The van der Waals surface area contributed by atoms with Gasteiger partial charge >= 0.3 is 18.9 Å². The minimum atomic E-state index is -5.02. The minimum absolute atomic E-state index is 0. The Morgan fingerprint density at radius 3 is 2.00 bits per heavy atom. The molecule has 0 heterocycles. The molecule has 0 atom stereocenters. The Kier molecular flexibility index (Phi) is 5.42. The number of rotatable bonds is 3. The minimum Gasteiger partial charge on any atom is -0.744 e. The number of benzene rings is 2. The van der Waals surface area contributed by atoms with Crippen molar-refractivity contribution in [3.8, 4) is 0 Å². The summed E-state index contributed by atoms with van der Waals surface area (Å²) in [6.07, 6.45) is 0. The third kappa shape index (κ3) is 3.99. The summed E-state index contributed by atoms with van der Waals surface area (Å²) in [5.41, 5.74) is -0.0836. The zero-order valence-electron chi connectivity index (χ0n) is 10.8. The van der Waals surface area contributed by atoms with Gasteiger partial charge in [0.05, 0.1) is 4.90 Å². The number of carbonyl (C=O) groups excluding carboxylic acids is 1. The molecule has 8 heteroatoms. The van der Waals surface area contributed by atoms with Crippen molar-refractivity contribution in [1.29, 1.82) is 0 Å². The maximum Gasteiger partial charge on any atom is 1.00 e. The predicted octanol–water partition coefficient (Wildman–Crippen LogP) is -0.896. The summed E-state index contributed by atoms with van der Waals surface area (Å²) in [5, 5.41) is 0. The van der Waals surface area contributed by atoms with Gasteiger partial charge in [-0.25, -0.2) is 17.2 Å². The van der Waals surface area contributed by atoms with Crippen LogP contribution in [0.25, 0.3) is 0 Å². The van der Waals surface area contributed by atoms with E-state index < -0.39 is 32.4 Å². The van der Waals surface area contributed by atoms with Crippen molar-refractivity contribution < 1.29 is 45.4 Å². The first-order chi connectivity index (χ1) is 9.29. The van der Waals surface area contributed by atoms with Crippen molar-refractivity contribution >= 4 is 15.9 Å². The molecule has 0 aliphatic rings. The number of hydrogen-bond acceptors (Lipinski definition) is 4. The van der Waals surface area contributed by atoms with E-state index in [1.165, 1.54) is 12.1 Å². The van der Waals surface area contributed by atoms with E-state index >= 15 is 0 Å². The smallest absolute Gasteiger partial charge is 0.744 e. The number of hydrogen-bond donors (Lipinski definition) is 0. The molecule has 0 fully saturated rings. The normalized spacial score (nSPS) is 10.8. The molecule has 0 aliphatic carbocycles.